The van der Waals surface area contributed by atoms with E-state index < -0.39 is 5.97 Å². The minimum absolute atomic E-state index is 0.146. The number of nitrogens with zero attached hydrogens (tertiary/aromatic N) is 3. The molecule has 15 heavy (non-hydrogen) atoms. The molecule has 0 amide bonds. The Labute approximate surface area is 88.4 Å². The summed E-state index contributed by atoms with van der Waals surface area (Å²) in [5, 5.41) is 9.10. The van der Waals surface area contributed by atoms with Crippen LogP contribution in [0.2, 0.25) is 0 Å². The third-order valence-electron chi connectivity index (χ3n) is 1.51. The number of rotatable bonds is 3. The van der Waals surface area contributed by atoms with E-state index >= 15 is 0 Å². The van der Waals surface area contributed by atoms with Crippen LogP contribution in [0.25, 0.3) is 0 Å². The number of aromatic carboxylic acids is 1. The van der Waals surface area contributed by atoms with Crippen molar-refractivity contribution in [2.45, 2.75) is 0 Å². The van der Waals surface area contributed by atoms with Gasteiger partial charge in [0, 0.05) is 17.7 Å². The Kier molecular flexibility index (Phi) is 2.55. The number of carbonyl (C=O) groups is 1. The maximum Gasteiger partial charge on any atom is 0.358 e. The molecule has 0 bridgehead atoms. The molecular formula is C8H5N3O3S. The summed E-state index contributed by atoms with van der Waals surface area (Å²) in [6.45, 7) is 0. The summed E-state index contributed by atoms with van der Waals surface area (Å²) >= 11 is 1.03. The van der Waals surface area contributed by atoms with Crippen LogP contribution in [0, 0.1) is 0 Å². The zero-order chi connectivity index (χ0) is 10.7. The van der Waals surface area contributed by atoms with E-state index in [0.29, 0.717) is 0 Å². The lowest BCUT2D eigenvalue weighted by Gasteiger charge is -2.02. The van der Waals surface area contributed by atoms with Gasteiger partial charge in [-0.05, 0) is 12.1 Å². The molecule has 0 aliphatic carbocycles. The van der Waals surface area contributed by atoms with Gasteiger partial charge in [-0.3, -0.25) is 0 Å². The lowest BCUT2D eigenvalue weighted by atomic mass is 10.3. The van der Waals surface area contributed by atoms with Crippen LogP contribution in [0.4, 0.5) is 0 Å². The highest BCUT2D eigenvalue weighted by Gasteiger charge is 2.13. The summed E-state index contributed by atoms with van der Waals surface area (Å²) in [4.78, 5) is 18.2. The van der Waals surface area contributed by atoms with Gasteiger partial charge < -0.3 is 9.84 Å². The van der Waals surface area contributed by atoms with E-state index in [1.54, 1.807) is 6.07 Å². The molecule has 2 aromatic rings. The van der Waals surface area contributed by atoms with E-state index in [-0.39, 0.29) is 16.6 Å². The SMILES string of the molecule is O=C(O)c1ncccc1Oc1ncns1. The van der Waals surface area contributed by atoms with Crippen LogP contribution in [0.3, 0.4) is 0 Å². The zero-order valence-corrected chi connectivity index (χ0v) is 8.14. The van der Waals surface area contributed by atoms with Gasteiger partial charge in [-0.15, -0.1) is 0 Å². The van der Waals surface area contributed by atoms with E-state index in [9.17, 15) is 4.79 Å². The van der Waals surface area contributed by atoms with Crippen LogP contribution in [0.15, 0.2) is 24.7 Å². The summed E-state index contributed by atoms with van der Waals surface area (Å²) in [6.07, 6.45) is 2.72. The smallest absolute Gasteiger partial charge is 0.358 e. The second-order valence-corrected chi connectivity index (χ2v) is 3.21. The van der Waals surface area contributed by atoms with Crippen molar-refractivity contribution in [2.75, 3.05) is 0 Å². The Morgan fingerprint density at radius 3 is 3.00 bits per heavy atom. The summed E-state index contributed by atoms with van der Waals surface area (Å²) in [7, 11) is 0. The number of carboxylic acids is 1. The van der Waals surface area contributed by atoms with Crippen molar-refractivity contribution < 1.29 is 14.6 Å². The molecule has 2 heterocycles. The van der Waals surface area contributed by atoms with Crippen LogP contribution < -0.4 is 4.74 Å². The fraction of sp³-hybridized carbons (Fsp3) is 0. The van der Waals surface area contributed by atoms with Gasteiger partial charge in [0.15, 0.2) is 11.4 Å². The van der Waals surface area contributed by atoms with Crippen molar-refractivity contribution in [1.29, 1.82) is 0 Å². The molecule has 0 saturated heterocycles. The largest absolute Gasteiger partial charge is 0.476 e. The van der Waals surface area contributed by atoms with E-state index in [1.807, 2.05) is 0 Å². The predicted molar refractivity (Wildman–Crippen MR) is 51.2 cm³/mol. The fourth-order valence-electron chi connectivity index (χ4n) is 0.936. The van der Waals surface area contributed by atoms with Gasteiger partial charge in [0.2, 0.25) is 0 Å². The molecule has 0 radical (unpaired) electrons. The molecule has 0 spiro atoms. The normalized spacial score (nSPS) is 9.87. The van der Waals surface area contributed by atoms with Crippen LogP contribution in [-0.2, 0) is 0 Å². The van der Waals surface area contributed by atoms with Crippen LogP contribution in [-0.4, -0.2) is 25.4 Å². The van der Waals surface area contributed by atoms with Crippen LogP contribution in [0.1, 0.15) is 10.5 Å². The Morgan fingerprint density at radius 1 is 1.47 bits per heavy atom. The molecule has 0 unspecified atom stereocenters. The average Bonchev–Trinajstić information content (AvgIpc) is 2.71. The number of carboxylic acid groups (broad SMARTS) is 1. The van der Waals surface area contributed by atoms with Crippen molar-refractivity contribution in [3.05, 3.63) is 30.4 Å². The number of aromatic nitrogens is 3. The van der Waals surface area contributed by atoms with E-state index in [4.69, 9.17) is 9.84 Å². The minimum atomic E-state index is -1.14. The zero-order valence-electron chi connectivity index (χ0n) is 7.32. The highest BCUT2D eigenvalue weighted by atomic mass is 32.1. The average molecular weight is 223 g/mol. The molecule has 0 aliphatic rings. The lowest BCUT2D eigenvalue weighted by molar-refractivity contribution is 0.0687. The molecule has 0 aromatic carbocycles. The molecule has 0 aliphatic heterocycles. The van der Waals surface area contributed by atoms with Crippen molar-refractivity contribution in [3.63, 3.8) is 0 Å². The van der Waals surface area contributed by atoms with Crippen LogP contribution >= 0.6 is 11.5 Å². The Balaban J connectivity index is 2.32. The summed E-state index contributed by atoms with van der Waals surface area (Å²) < 4.78 is 8.94. The first-order valence-corrected chi connectivity index (χ1v) is 4.67. The Hall–Kier alpha value is -2.02. The number of ether oxygens (including phenoxy) is 1. The van der Waals surface area contributed by atoms with E-state index in [2.05, 4.69) is 14.3 Å². The Bertz CT molecular complexity index is 472. The molecule has 1 N–H and O–H groups in total. The second kappa shape index (κ2) is 4.01. The van der Waals surface area contributed by atoms with Gasteiger partial charge in [-0.1, -0.05) is 0 Å². The van der Waals surface area contributed by atoms with E-state index in [1.165, 1.54) is 18.6 Å². The number of pyridine rings is 1. The summed E-state index contributed by atoms with van der Waals surface area (Å²) in [5.74, 6) is -0.989. The third-order valence-corrected chi connectivity index (χ3v) is 2.06. The molecule has 2 rings (SSSR count). The van der Waals surface area contributed by atoms with E-state index in [0.717, 1.165) is 11.5 Å². The molecule has 0 saturated carbocycles. The summed E-state index contributed by atoms with van der Waals surface area (Å²) in [6, 6.07) is 3.10. The molecule has 2 aromatic heterocycles. The molecular weight excluding hydrogens is 218 g/mol. The third kappa shape index (κ3) is 2.08. The Morgan fingerprint density at radius 2 is 2.33 bits per heavy atom. The predicted octanol–water partition coefficient (Wildman–Crippen LogP) is 1.42. The van der Waals surface area contributed by atoms with Gasteiger partial charge in [0.1, 0.15) is 6.33 Å². The van der Waals surface area contributed by atoms with Gasteiger partial charge in [-0.2, -0.15) is 9.36 Å². The summed E-state index contributed by atoms with van der Waals surface area (Å²) in [5.41, 5.74) is -0.146. The lowest BCUT2D eigenvalue weighted by Crippen LogP contribution is -2.02. The van der Waals surface area contributed by atoms with Gasteiger partial charge in [0.25, 0.3) is 5.19 Å². The highest BCUT2D eigenvalue weighted by Crippen LogP contribution is 2.23. The fourth-order valence-corrected chi connectivity index (χ4v) is 1.34. The second-order valence-electron chi connectivity index (χ2n) is 2.46. The molecule has 76 valence electrons. The molecule has 7 heteroatoms. The first-order valence-electron chi connectivity index (χ1n) is 3.90. The van der Waals surface area contributed by atoms with Crippen molar-refractivity contribution in [1.82, 2.24) is 14.3 Å². The van der Waals surface area contributed by atoms with Gasteiger partial charge in [0.05, 0.1) is 0 Å². The van der Waals surface area contributed by atoms with Gasteiger partial charge >= 0.3 is 5.97 Å². The van der Waals surface area contributed by atoms with Crippen molar-refractivity contribution in [3.8, 4) is 10.9 Å². The van der Waals surface area contributed by atoms with Crippen LogP contribution in [0.5, 0.6) is 10.9 Å². The monoisotopic (exact) mass is 223 g/mol. The highest BCUT2D eigenvalue weighted by molar-refractivity contribution is 7.07. The molecule has 0 atom stereocenters. The standard InChI is InChI=1S/C8H5N3O3S/c12-7(13)6-5(2-1-3-9-6)14-8-10-4-11-15-8/h1-4H,(H,12,13). The number of hydrogen-bond acceptors (Lipinski definition) is 6. The van der Waals surface area contributed by atoms with Gasteiger partial charge in [-0.25, -0.2) is 9.78 Å². The first-order chi connectivity index (χ1) is 7.27. The minimum Gasteiger partial charge on any atom is -0.476 e. The molecule has 6 nitrogen and oxygen atoms in total. The first kappa shape index (κ1) is 9.53. The molecule has 0 fully saturated rings. The topological polar surface area (TPSA) is 85.2 Å². The maximum absolute atomic E-state index is 10.8. The maximum atomic E-state index is 10.8. The van der Waals surface area contributed by atoms with Crippen molar-refractivity contribution >= 4 is 17.5 Å². The van der Waals surface area contributed by atoms with Crippen molar-refractivity contribution in [2.24, 2.45) is 0 Å². The quantitative estimate of drug-likeness (QED) is 0.847. The number of hydrogen-bond donors (Lipinski definition) is 1.